The molecule has 0 saturated heterocycles. The van der Waals surface area contributed by atoms with Gasteiger partial charge in [0.05, 0.1) is 0 Å². The highest BCUT2D eigenvalue weighted by Crippen LogP contribution is 2.06. The van der Waals surface area contributed by atoms with Crippen molar-refractivity contribution in [3.63, 3.8) is 0 Å². The van der Waals surface area contributed by atoms with E-state index in [1.165, 1.54) is 6.08 Å². The zero-order valence-corrected chi connectivity index (χ0v) is 6.58. The highest BCUT2D eigenvalue weighted by molar-refractivity contribution is 5.15. The van der Waals surface area contributed by atoms with E-state index in [1.807, 2.05) is 13.8 Å². The van der Waals surface area contributed by atoms with Crippen LogP contribution < -0.4 is 5.32 Å². The number of nitrogens with one attached hydrogen (secondary N) is 1. The van der Waals surface area contributed by atoms with Crippen LogP contribution in [0.5, 0.6) is 0 Å². The van der Waals surface area contributed by atoms with E-state index >= 15 is 0 Å². The van der Waals surface area contributed by atoms with Crippen LogP contribution in [0.4, 0.5) is 4.39 Å². The Kier molecular flexibility index (Phi) is 4.63. The summed E-state index contributed by atoms with van der Waals surface area (Å²) in [5, 5.41) is 2.92. The van der Waals surface area contributed by atoms with Crippen molar-refractivity contribution >= 4 is 0 Å². The van der Waals surface area contributed by atoms with Gasteiger partial charge in [0.15, 0.2) is 0 Å². The molecule has 0 aliphatic rings. The van der Waals surface area contributed by atoms with Crippen molar-refractivity contribution < 1.29 is 4.39 Å². The van der Waals surface area contributed by atoms with Crippen molar-refractivity contribution in [3.05, 3.63) is 24.2 Å². The lowest BCUT2D eigenvalue weighted by Crippen LogP contribution is -2.12. The first kappa shape index (κ1) is 9.21. The molecule has 0 radical (unpaired) electrons. The predicted molar refractivity (Wildman–Crippen MR) is 42.3 cm³/mol. The summed E-state index contributed by atoms with van der Waals surface area (Å²) < 4.78 is 12.7. The van der Waals surface area contributed by atoms with Gasteiger partial charge in [-0.25, -0.2) is 4.39 Å². The normalized spacial score (nSPS) is 12.3. The number of rotatable bonds is 4. The fourth-order valence-corrected chi connectivity index (χ4v) is 0.715. The number of hydrogen-bond acceptors (Lipinski definition) is 1. The minimum atomic E-state index is -0.246. The molecule has 58 valence electrons. The molecular weight excluding hydrogens is 129 g/mol. The second-order valence-electron chi connectivity index (χ2n) is 1.91. The van der Waals surface area contributed by atoms with Gasteiger partial charge >= 0.3 is 0 Å². The molecule has 1 N–H and O–H groups in total. The highest BCUT2D eigenvalue weighted by atomic mass is 19.1. The average molecular weight is 143 g/mol. The van der Waals surface area contributed by atoms with Crippen molar-refractivity contribution in [3.8, 4) is 0 Å². The van der Waals surface area contributed by atoms with Gasteiger partial charge in [0.1, 0.15) is 5.83 Å². The van der Waals surface area contributed by atoms with Gasteiger partial charge in [0.2, 0.25) is 0 Å². The quantitative estimate of drug-likeness (QED) is 0.596. The monoisotopic (exact) mass is 143 g/mol. The lowest BCUT2D eigenvalue weighted by Gasteiger charge is -2.05. The van der Waals surface area contributed by atoms with E-state index < -0.39 is 0 Å². The maximum Gasteiger partial charge on any atom is 0.141 e. The Morgan fingerprint density at radius 3 is 2.50 bits per heavy atom. The third-order valence-electron chi connectivity index (χ3n) is 1.21. The van der Waals surface area contributed by atoms with Gasteiger partial charge in [-0.1, -0.05) is 13.5 Å². The maximum absolute atomic E-state index is 12.7. The molecule has 0 rings (SSSR count). The summed E-state index contributed by atoms with van der Waals surface area (Å²) >= 11 is 0. The largest absolute Gasteiger partial charge is 0.386 e. The van der Waals surface area contributed by atoms with Crippen molar-refractivity contribution in [1.29, 1.82) is 0 Å². The van der Waals surface area contributed by atoms with Crippen LogP contribution in [0.25, 0.3) is 0 Å². The lowest BCUT2D eigenvalue weighted by atomic mass is 10.3. The summed E-state index contributed by atoms with van der Waals surface area (Å²) in [6.07, 6.45) is 1.91. The summed E-state index contributed by atoms with van der Waals surface area (Å²) in [4.78, 5) is 0. The van der Waals surface area contributed by atoms with E-state index in [2.05, 4.69) is 11.9 Å². The second kappa shape index (κ2) is 5.03. The SMILES string of the molecule is C=C/C(F)=C(\CC)NCC. The Hall–Kier alpha value is -0.790. The molecule has 0 atom stereocenters. The third-order valence-corrected chi connectivity index (χ3v) is 1.21. The van der Waals surface area contributed by atoms with Gasteiger partial charge in [0, 0.05) is 12.2 Å². The van der Waals surface area contributed by atoms with E-state index in [9.17, 15) is 4.39 Å². The number of halogens is 1. The molecule has 0 spiro atoms. The Labute approximate surface area is 61.6 Å². The fraction of sp³-hybridized carbons (Fsp3) is 0.500. The molecule has 0 aliphatic carbocycles. The minimum Gasteiger partial charge on any atom is -0.386 e. The number of hydrogen-bond donors (Lipinski definition) is 1. The van der Waals surface area contributed by atoms with E-state index in [0.717, 1.165) is 6.54 Å². The Morgan fingerprint density at radius 1 is 1.60 bits per heavy atom. The summed E-state index contributed by atoms with van der Waals surface area (Å²) in [5.41, 5.74) is 0.637. The topological polar surface area (TPSA) is 12.0 Å². The van der Waals surface area contributed by atoms with E-state index in [0.29, 0.717) is 12.1 Å². The highest BCUT2D eigenvalue weighted by Gasteiger charge is 1.97. The first-order valence-corrected chi connectivity index (χ1v) is 3.51. The maximum atomic E-state index is 12.7. The van der Waals surface area contributed by atoms with E-state index in [1.54, 1.807) is 0 Å². The summed E-state index contributed by atoms with van der Waals surface area (Å²) in [6, 6.07) is 0. The Morgan fingerprint density at radius 2 is 2.20 bits per heavy atom. The van der Waals surface area contributed by atoms with Crippen LogP contribution >= 0.6 is 0 Å². The molecule has 0 unspecified atom stereocenters. The van der Waals surface area contributed by atoms with Crippen LogP contribution in [-0.2, 0) is 0 Å². The van der Waals surface area contributed by atoms with Crippen LogP contribution in [0.3, 0.4) is 0 Å². The van der Waals surface area contributed by atoms with Crippen molar-refractivity contribution in [2.24, 2.45) is 0 Å². The fourth-order valence-electron chi connectivity index (χ4n) is 0.715. The van der Waals surface area contributed by atoms with Gasteiger partial charge in [-0.15, -0.1) is 0 Å². The standard InChI is InChI=1S/C8H14FN/c1-4-7(9)8(5-2)10-6-3/h4,10H,1,5-6H2,2-3H3/b8-7-. The summed E-state index contributed by atoms with van der Waals surface area (Å²) in [7, 11) is 0. The molecule has 1 nitrogen and oxygen atoms in total. The number of allylic oxidation sites excluding steroid dienone is 3. The van der Waals surface area contributed by atoms with Crippen LogP contribution in [0, 0.1) is 0 Å². The van der Waals surface area contributed by atoms with Crippen molar-refractivity contribution in [2.45, 2.75) is 20.3 Å². The van der Waals surface area contributed by atoms with Gasteiger partial charge < -0.3 is 5.32 Å². The molecule has 0 saturated carbocycles. The molecule has 0 aromatic rings. The zero-order valence-electron chi connectivity index (χ0n) is 6.58. The predicted octanol–water partition coefficient (Wildman–Crippen LogP) is 2.37. The lowest BCUT2D eigenvalue weighted by molar-refractivity contribution is 0.622. The van der Waals surface area contributed by atoms with Gasteiger partial charge in [-0.3, -0.25) is 0 Å². The van der Waals surface area contributed by atoms with Crippen molar-refractivity contribution in [1.82, 2.24) is 5.32 Å². The third kappa shape index (κ3) is 2.67. The summed E-state index contributed by atoms with van der Waals surface area (Å²) in [6.45, 7) is 7.93. The molecule has 0 bridgehead atoms. The zero-order chi connectivity index (χ0) is 7.98. The van der Waals surface area contributed by atoms with Gasteiger partial charge in [-0.2, -0.15) is 0 Å². The first-order chi connectivity index (χ1) is 4.76. The molecule has 0 aromatic heterocycles. The average Bonchev–Trinajstić information content (AvgIpc) is 1.99. The molecule has 0 heterocycles. The molecule has 0 aromatic carbocycles. The van der Waals surface area contributed by atoms with Crippen LogP contribution in [0.2, 0.25) is 0 Å². The summed E-state index contributed by atoms with van der Waals surface area (Å²) in [5.74, 6) is -0.246. The Balaban J connectivity index is 4.13. The van der Waals surface area contributed by atoms with E-state index in [-0.39, 0.29) is 5.83 Å². The molecule has 0 fully saturated rings. The molecule has 0 amide bonds. The van der Waals surface area contributed by atoms with Crippen LogP contribution in [-0.4, -0.2) is 6.54 Å². The molecule has 10 heavy (non-hydrogen) atoms. The Bertz CT molecular complexity index is 138. The second-order valence-corrected chi connectivity index (χ2v) is 1.91. The van der Waals surface area contributed by atoms with Gasteiger partial charge in [0.25, 0.3) is 0 Å². The first-order valence-electron chi connectivity index (χ1n) is 3.51. The van der Waals surface area contributed by atoms with Gasteiger partial charge in [-0.05, 0) is 19.4 Å². The van der Waals surface area contributed by atoms with E-state index in [4.69, 9.17) is 0 Å². The smallest absolute Gasteiger partial charge is 0.141 e. The molecule has 2 heteroatoms. The van der Waals surface area contributed by atoms with Crippen LogP contribution in [0.1, 0.15) is 20.3 Å². The van der Waals surface area contributed by atoms with Crippen LogP contribution in [0.15, 0.2) is 24.2 Å². The minimum absolute atomic E-state index is 0.246. The van der Waals surface area contributed by atoms with Crippen molar-refractivity contribution in [2.75, 3.05) is 6.54 Å². The molecular formula is C8H14FN. The molecule has 0 aliphatic heterocycles.